The Morgan fingerprint density at radius 3 is 2.57 bits per heavy atom. The topological polar surface area (TPSA) is 67.6 Å². The SMILES string of the molecule is COc1ccc(C(CNC(=O)c2ccccc2CSc2nc3ccccc3o2)N2CCCC2)cc1. The first-order valence-corrected chi connectivity index (χ1v) is 12.9. The summed E-state index contributed by atoms with van der Waals surface area (Å²) < 4.78 is 11.1. The smallest absolute Gasteiger partial charge is 0.257 e. The summed E-state index contributed by atoms with van der Waals surface area (Å²) in [6.07, 6.45) is 2.38. The maximum Gasteiger partial charge on any atom is 0.257 e. The number of hydrogen-bond acceptors (Lipinski definition) is 6. The average Bonchev–Trinajstić information content (AvgIpc) is 3.58. The van der Waals surface area contributed by atoms with Gasteiger partial charge in [-0.1, -0.05) is 54.2 Å². The molecule has 1 unspecified atom stereocenters. The average molecular weight is 488 g/mol. The van der Waals surface area contributed by atoms with Crippen LogP contribution in [0.1, 0.15) is 40.4 Å². The first-order chi connectivity index (χ1) is 17.2. The zero-order valence-electron chi connectivity index (χ0n) is 19.8. The second kappa shape index (κ2) is 11.0. The lowest BCUT2D eigenvalue weighted by Crippen LogP contribution is -2.37. The maximum absolute atomic E-state index is 13.3. The molecule has 7 heteroatoms. The van der Waals surface area contributed by atoms with Crippen molar-refractivity contribution in [3.05, 3.63) is 89.5 Å². The number of aromatic nitrogens is 1. The van der Waals surface area contributed by atoms with E-state index in [9.17, 15) is 4.79 Å². The molecule has 35 heavy (non-hydrogen) atoms. The molecule has 1 aromatic heterocycles. The predicted molar refractivity (Wildman–Crippen MR) is 139 cm³/mol. The number of fused-ring (bicyclic) bond motifs is 1. The zero-order valence-corrected chi connectivity index (χ0v) is 20.6. The highest BCUT2D eigenvalue weighted by Crippen LogP contribution is 2.28. The van der Waals surface area contributed by atoms with Crippen molar-refractivity contribution in [2.75, 3.05) is 26.7 Å². The van der Waals surface area contributed by atoms with E-state index in [1.54, 1.807) is 7.11 Å². The monoisotopic (exact) mass is 487 g/mol. The summed E-state index contributed by atoms with van der Waals surface area (Å²) in [6.45, 7) is 2.65. The quantitative estimate of drug-likeness (QED) is 0.306. The number of ether oxygens (including phenoxy) is 1. The minimum atomic E-state index is -0.0588. The Hall–Kier alpha value is -3.29. The summed E-state index contributed by atoms with van der Waals surface area (Å²) in [4.78, 5) is 20.3. The van der Waals surface area contributed by atoms with E-state index >= 15 is 0 Å². The number of nitrogens with one attached hydrogen (secondary N) is 1. The van der Waals surface area contributed by atoms with E-state index in [-0.39, 0.29) is 11.9 Å². The molecular weight excluding hydrogens is 458 g/mol. The standard InChI is InChI=1S/C28H29N3O3S/c1-33-22-14-12-20(13-15-22)25(31-16-6-7-17-31)18-29-27(32)23-9-3-2-8-21(23)19-35-28-30-24-10-4-5-11-26(24)34-28/h2-5,8-15,25H,6-7,16-19H2,1H3,(H,29,32). The van der Waals surface area contributed by atoms with Gasteiger partial charge in [-0.25, -0.2) is 4.98 Å². The number of methoxy groups -OCH3 is 1. The molecule has 1 atom stereocenters. The van der Waals surface area contributed by atoms with Crippen molar-refractivity contribution < 1.29 is 13.9 Å². The predicted octanol–water partition coefficient (Wildman–Crippen LogP) is 5.70. The van der Waals surface area contributed by atoms with Crippen LogP contribution >= 0.6 is 11.8 Å². The fraction of sp³-hybridized carbons (Fsp3) is 0.286. The van der Waals surface area contributed by atoms with E-state index in [1.807, 2.05) is 60.7 Å². The molecule has 2 heterocycles. The molecule has 1 saturated heterocycles. The van der Waals surface area contributed by atoms with E-state index in [0.29, 0.717) is 23.1 Å². The number of para-hydroxylation sites is 2. The van der Waals surface area contributed by atoms with E-state index in [4.69, 9.17) is 9.15 Å². The van der Waals surface area contributed by atoms with E-state index in [0.717, 1.165) is 35.5 Å². The Kier molecular flexibility index (Phi) is 7.35. The van der Waals surface area contributed by atoms with Gasteiger partial charge in [0, 0.05) is 17.9 Å². The number of likely N-dealkylation sites (tertiary alicyclic amines) is 1. The summed E-state index contributed by atoms with van der Waals surface area (Å²) in [5.41, 5.74) is 4.44. The van der Waals surface area contributed by atoms with Crippen LogP contribution in [0.2, 0.25) is 0 Å². The molecule has 1 N–H and O–H groups in total. The number of carbonyl (C=O) groups excluding carboxylic acids is 1. The van der Waals surface area contributed by atoms with Crippen LogP contribution in [0.4, 0.5) is 0 Å². The van der Waals surface area contributed by atoms with Gasteiger partial charge in [0.2, 0.25) is 0 Å². The third-order valence-electron chi connectivity index (χ3n) is 6.43. The molecule has 4 aromatic rings. The molecule has 0 radical (unpaired) electrons. The number of thioether (sulfide) groups is 1. The second-order valence-electron chi connectivity index (χ2n) is 8.64. The van der Waals surface area contributed by atoms with E-state index < -0.39 is 0 Å². The number of benzene rings is 3. The molecule has 0 aliphatic carbocycles. The molecule has 1 aliphatic heterocycles. The van der Waals surface area contributed by atoms with E-state index in [1.165, 1.54) is 30.2 Å². The number of amides is 1. The fourth-order valence-corrected chi connectivity index (χ4v) is 5.38. The van der Waals surface area contributed by atoms with Gasteiger partial charge in [0.05, 0.1) is 13.2 Å². The first kappa shape index (κ1) is 23.5. The number of oxazole rings is 1. The molecule has 3 aromatic carbocycles. The van der Waals surface area contributed by atoms with Gasteiger partial charge >= 0.3 is 0 Å². The van der Waals surface area contributed by atoms with Crippen LogP contribution in [0, 0.1) is 0 Å². The van der Waals surface area contributed by atoms with Crippen molar-refractivity contribution in [2.45, 2.75) is 29.9 Å². The molecule has 1 aliphatic rings. The van der Waals surface area contributed by atoms with Crippen LogP contribution in [0.5, 0.6) is 5.75 Å². The van der Waals surface area contributed by atoms with Gasteiger partial charge in [0.15, 0.2) is 5.58 Å². The largest absolute Gasteiger partial charge is 0.497 e. The lowest BCUT2D eigenvalue weighted by atomic mass is 10.0. The molecule has 0 spiro atoms. The minimum absolute atomic E-state index is 0.0588. The van der Waals surface area contributed by atoms with Gasteiger partial charge in [0.1, 0.15) is 11.3 Å². The number of hydrogen-bond donors (Lipinski definition) is 1. The molecule has 0 saturated carbocycles. The van der Waals surface area contributed by atoms with Crippen molar-refractivity contribution in [3.8, 4) is 5.75 Å². The van der Waals surface area contributed by atoms with Crippen LogP contribution < -0.4 is 10.1 Å². The number of rotatable bonds is 9. The minimum Gasteiger partial charge on any atom is -0.497 e. The van der Waals surface area contributed by atoms with Gasteiger partial charge in [-0.2, -0.15) is 0 Å². The summed E-state index contributed by atoms with van der Waals surface area (Å²) in [5, 5.41) is 3.81. The van der Waals surface area contributed by atoms with Gasteiger partial charge in [-0.3, -0.25) is 9.69 Å². The molecule has 6 nitrogen and oxygen atoms in total. The number of nitrogens with zero attached hydrogens (tertiary/aromatic N) is 2. The van der Waals surface area contributed by atoms with Crippen molar-refractivity contribution in [1.29, 1.82) is 0 Å². The molecule has 5 rings (SSSR count). The molecule has 1 fully saturated rings. The van der Waals surface area contributed by atoms with Crippen LogP contribution in [0.3, 0.4) is 0 Å². The van der Waals surface area contributed by atoms with E-state index in [2.05, 4.69) is 27.3 Å². The Labute approximate surface area is 209 Å². The van der Waals surface area contributed by atoms with Crippen molar-refractivity contribution >= 4 is 28.8 Å². The van der Waals surface area contributed by atoms with Gasteiger partial charge < -0.3 is 14.5 Å². The fourth-order valence-electron chi connectivity index (χ4n) is 4.54. The highest BCUT2D eigenvalue weighted by molar-refractivity contribution is 7.98. The molecule has 180 valence electrons. The van der Waals surface area contributed by atoms with Gasteiger partial charge in [0.25, 0.3) is 11.1 Å². The number of carbonyl (C=O) groups is 1. The van der Waals surface area contributed by atoms with Crippen LogP contribution in [-0.4, -0.2) is 42.5 Å². The van der Waals surface area contributed by atoms with Crippen molar-refractivity contribution in [1.82, 2.24) is 15.2 Å². The molecule has 0 bridgehead atoms. The zero-order chi connectivity index (χ0) is 24.0. The van der Waals surface area contributed by atoms with Crippen LogP contribution in [-0.2, 0) is 5.75 Å². The van der Waals surface area contributed by atoms with Gasteiger partial charge in [-0.15, -0.1) is 0 Å². The highest BCUT2D eigenvalue weighted by Gasteiger charge is 2.24. The normalized spacial score (nSPS) is 14.8. The Balaban J connectivity index is 1.27. The highest BCUT2D eigenvalue weighted by atomic mass is 32.2. The van der Waals surface area contributed by atoms with Crippen molar-refractivity contribution in [3.63, 3.8) is 0 Å². The van der Waals surface area contributed by atoms with Crippen LogP contribution in [0.25, 0.3) is 11.1 Å². The lowest BCUT2D eigenvalue weighted by molar-refractivity contribution is 0.0937. The maximum atomic E-state index is 13.3. The summed E-state index contributed by atoms with van der Waals surface area (Å²) in [7, 11) is 1.67. The lowest BCUT2D eigenvalue weighted by Gasteiger charge is -2.28. The summed E-state index contributed by atoms with van der Waals surface area (Å²) >= 11 is 1.50. The third kappa shape index (κ3) is 5.52. The Morgan fingerprint density at radius 1 is 1.06 bits per heavy atom. The summed E-state index contributed by atoms with van der Waals surface area (Å²) in [5.74, 6) is 1.38. The molecular formula is C28H29N3O3S. The Morgan fingerprint density at radius 2 is 1.80 bits per heavy atom. The van der Waals surface area contributed by atoms with Crippen molar-refractivity contribution in [2.24, 2.45) is 0 Å². The van der Waals surface area contributed by atoms with Crippen LogP contribution in [0.15, 0.2) is 82.4 Å². The van der Waals surface area contributed by atoms with Gasteiger partial charge in [-0.05, 0) is 67.4 Å². The first-order valence-electron chi connectivity index (χ1n) is 11.9. The Bertz CT molecular complexity index is 1250. The summed E-state index contributed by atoms with van der Waals surface area (Å²) in [6, 6.07) is 23.8. The molecule has 1 amide bonds. The second-order valence-corrected chi connectivity index (χ2v) is 9.56. The third-order valence-corrected chi connectivity index (χ3v) is 7.30.